The van der Waals surface area contributed by atoms with E-state index in [0.717, 1.165) is 42.6 Å². The molecule has 3 aliphatic heterocycles. The second-order valence-electron chi connectivity index (χ2n) is 10.1. The van der Waals surface area contributed by atoms with Gasteiger partial charge in [-0.1, -0.05) is 23.7 Å². The van der Waals surface area contributed by atoms with Crippen LogP contribution in [0.1, 0.15) is 34.3 Å². The molecule has 9 heteroatoms. The van der Waals surface area contributed by atoms with Crippen molar-refractivity contribution in [3.8, 4) is 5.75 Å². The Hall–Kier alpha value is -2.91. The highest BCUT2D eigenvalue weighted by molar-refractivity contribution is 6.30. The lowest BCUT2D eigenvalue weighted by atomic mass is 9.91. The highest BCUT2D eigenvalue weighted by Gasteiger charge is 2.40. The molecule has 2 aromatic carbocycles. The van der Waals surface area contributed by atoms with Gasteiger partial charge in [-0.3, -0.25) is 14.5 Å². The quantitative estimate of drug-likeness (QED) is 0.552. The van der Waals surface area contributed by atoms with Crippen LogP contribution in [-0.2, 0) is 29.1 Å². The molecular formula is C28H30ClN3O5. The number of pyridine rings is 1. The van der Waals surface area contributed by atoms with E-state index in [1.54, 1.807) is 18.3 Å². The van der Waals surface area contributed by atoms with Gasteiger partial charge in [0.2, 0.25) is 5.43 Å². The smallest absolute Gasteiger partial charge is 0.257 e. The molecule has 2 saturated heterocycles. The Labute approximate surface area is 220 Å². The van der Waals surface area contributed by atoms with Gasteiger partial charge in [0.05, 0.1) is 43.9 Å². The molecule has 1 N–H and O–H groups in total. The monoisotopic (exact) mass is 523 g/mol. The van der Waals surface area contributed by atoms with Crippen LogP contribution in [0.4, 0.5) is 0 Å². The highest BCUT2D eigenvalue weighted by Crippen LogP contribution is 2.39. The van der Waals surface area contributed by atoms with Crippen LogP contribution in [0.2, 0.25) is 5.02 Å². The maximum Gasteiger partial charge on any atom is 0.257 e. The van der Waals surface area contributed by atoms with Gasteiger partial charge in [-0.2, -0.15) is 0 Å². The lowest BCUT2D eigenvalue weighted by Gasteiger charge is -2.42. The van der Waals surface area contributed by atoms with E-state index < -0.39 is 11.5 Å². The minimum absolute atomic E-state index is 0.139. The molecular weight excluding hydrogens is 494 g/mol. The molecule has 1 spiro atoms. The molecule has 0 atom stereocenters. The maximum absolute atomic E-state index is 13.7. The van der Waals surface area contributed by atoms with E-state index in [0.29, 0.717) is 62.2 Å². The summed E-state index contributed by atoms with van der Waals surface area (Å²) in [5, 5.41) is 4.06. The average molecular weight is 524 g/mol. The van der Waals surface area contributed by atoms with E-state index in [9.17, 15) is 9.59 Å². The van der Waals surface area contributed by atoms with E-state index in [2.05, 4.69) is 16.3 Å². The van der Waals surface area contributed by atoms with Crippen molar-refractivity contribution in [2.45, 2.75) is 38.1 Å². The van der Waals surface area contributed by atoms with Gasteiger partial charge >= 0.3 is 0 Å². The van der Waals surface area contributed by atoms with Gasteiger partial charge in [0.15, 0.2) is 0 Å². The van der Waals surface area contributed by atoms with Crippen molar-refractivity contribution < 1.29 is 19.0 Å². The highest BCUT2D eigenvalue weighted by atomic mass is 35.5. The fraction of sp³-hybridized carbons (Fsp3) is 0.429. The molecule has 0 aliphatic carbocycles. The summed E-state index contributed by atoms with van der Waals surface area (Å²) >= 11 is 5.98. The Morgan fingerprint density at radius 1 is 1.00 bits per heavy atom. The summed E-state index contributed by atoms with van der Waals surface area (Å²) in [5.74, 6) is 0.317. The van der Waals surface area contributed by atoms with E-state index >= 15 is 0 Å². The first-order valence-corrected chi connectivity index (χ1v) is 13.2. The summed E-state index contributed by atoms with van der Waals surface area (Å²) in [7, 11) is 0. The summed E-state index contributed by atoms with van der Waals surface area (Å²) < 4.78 is 19.8. The summed E-state index contributed by atoms with van der Waals surface area (Å²) in [6, 6.07) is 11.3. The molecule has 0 radical (unpaired) electrons. The molecule has 1 amide bonds. The predicted octanol–water partition coefficient (Wildman–Crippen LogP) is 3.36. The van der Waals surface area contributed by atoms with Crippen LogP contribution in [-0.4, -0.2) is 60.5 Å². The SMILES string of the molecule is O=C(NCc1ccc(Cl)cc1)c1cn2c3c(cc(CN4CCOCC4)cc3c1=O)OC1(CCOCC1)C2. The summed E-state index contributed by atoms with van der Waals surface area (Å²) in [4.78, 5) is 29.3. The predicted molar refractivity (Wildman–Crippen MR) is 140 cm³/mol. The van der Waals surface area contributed by atoms with Crippen LogP contribution >= 0.6 is 11.6 Å². The molecule has 8 nitrogen and oxygen atoms in total. The van der Waals surface area contributed by atoms with Crippen molar-refractivity contribution >= 4 is 28.4 Å². The Morgan fingerprint density at radius 2 is 1.73 bits per heavy atom. The average Bonchev–Trinajstić information content (AvgIpc) is 2.91. The molecule has 0 bridgehead atoms. The second-order valence-corrected chi connectivity index (χ2v) is 10.5. The number of morpholine rings is 1. The Bertz CT molecular complexity index is 1380. The van der Waals surface area contributed by atoms with Crippen molar-refractivity contribution in [1.82, 2.24) is 14.8 Å². The van der Waals surface area contributed by atoms with Crippen LogP contribution in [0.25, 0.3) is 10.9 Å². The molecule has 1 aromatic heterocycles. The number of rotatable bonds is 5. The minimum atomic E-state index is -0.415. The normalized spacial score (nSPS) is 19.1. The van der Waals surface area contributed by atoms with E-state index in [1.807, 2.05) is 22.8 Å². The lowest BCUT2D eigenvalue weighted by Crippen LogP contribution is -2.48. The van der Waals surface area contributed by atoms with Crippen LogP contribution in [0.5, 0.6) is 5.75 Å². The number of carbonyl (C=O) groups excluding carboxylic acids is 1. The van der Waals surface area contributed by atoms with Crippen molar-refractivity contribution in [3.05, 3.63) is 74.5 Å². The van der Waals surface area contributed by atoms with Crippen molar-refractivity contribution in [2.75, 3.05) is 39.5 Å². The van der Waals surface area contributed by atoms with Crippen molar-refractivity contribution in [3.63, 3.8) is 0 Å². The Morgan fingerprint density at radius 3 is 2.49 bits per heavy atom. The third-order valence-electron chi connectivity index (χ3n) is 7.51. The third kappa shape index (κ3) is 4.99. The zero-order chi connectivity index (χ0) is 25.4. The van der Waals surface area contributed by atoms with Crippen molar-refractivity contribution in [2.24, 2.45) is 0 Å². The third-order valence-corrected chi connectivity index (χ3v) is 7.76. The molecule has 6 rings (SSSR count). The largest absolute Gasteiger partial charge is 0.483 e. The summed E-state index contributed by atoms with van der Waals surface area (Å²) in [6.07, 6.45) is 3.21. The van der Waals surface area contributed by atoms with Crippen LogP contribution in [0.15, 0.2) is 47.4 Å². The molecule has 2 fully saturated rings. The number of carbonyl (C=O) groups is 1. The number of aromatic nitrogens is 1. The fourth-order valence-corrected chi connectivity index (χ4v) is 5.62. The summed E-state index contributed by atoms with van der Waals surface area (Å²) in [5.41, 5.74) is 2.10. The van der Waals surface area contributed by atoms with Gasteiger partial charge < -0.3 is 24.1 Å². The lowest BCUT2D eigenvalue weighted by molar-refractivity contribution is -0.0592. The Balaban J connectivity index is 1.38. The van der Waals surface area contributed by atoms with Gasteiger partial charge in [-0.25, -0.2) is 0 Å². The summed E-state index contributed by atoms with van der Waals surface area (Å²) in [6.45, 7) is 5.90. The first-order chi connectivity index (χ1) is 18.0. The number of halogens is 1. The molecule has 4 heterocycles. The van der Waals surface area contributed by atoms with Gasteiger partial charge in [0, 0.05) is 50.2 Å². The van der Waals surface area contributed by atoms with E-state index in [1.165, 1.54) is 0 Å². The van der Waals surface area contributed by atoms with Gasteiger partial charge in [0.25, 0.3) is 5.91 Å². The maximum atomic E-state index is 13.7. The first-order valence-electron chi connectivity index (χ1n) is 12.8. The molecule has 0 unspecified atom stereocenters. The zero-order valence-corrected chi connectivity index (χ0v) is 21.4. The minimum Gasteiger partial charge on any atom is -0.483 e. The number of nitrogens with one attached hydrogen (secondary N) is 1. The standard InChI is InChI=1S/C28H30ClN3O5/c29-21-3-1-19(2-4-21)15-30-27(34)23-17-32-18-28(5-9-35-10-6-28)37-24-14-20(13-22(25(24)32)26(23)33)16-31-7-11-36-12-8-31/h1-4,13-14,17H,5-12,15-16,18H2,(H,30,34). The van der Waals surface area contributed by atoms with Gasteiger partial charge in [-0.15, -0.1) is 0 Å². The van der Waals surface area contributed by atoms with Crippen LogP contribution < -0.4 is 15.5 Å². The number of ether oxygens (including phenoxy) is 3. The number of nitrogens with zero attached hydrogens (tertiary/aromatic N) is 2. The van der Waals surface area contributed by atoms with Crippen LogP contribution in [0.3, 0.4) is 0 Å². The van der Waals surface area contributed by atoms with Gasteiger partial charge in [0.1, 0.15) is 16.9 Å². The molecule has 0 saturated carbocycles. The second kappa shape index (κ2) is 10.1. The first kappa shape index (κ1) is 24.4. The van der Waals surface area contributed by atoms with E-state index in [4.69, 9.17) is 25.8 Å². The fourth-order valence-electron chi connectivity index (χ4n) is 5.49. The number of hydrogen-bond donors (Lipinski definition) is 1. The molecule has 3 aromatic rings. The number of amides is 1. The molecule has 194 valence electrons. The van der Waals surface area contributed by atoms with Crippen LogP contribution in [0, 0.1) is 0 Å². The topological polar surface area (TPSA) is 82.0 Å². The number of benzene rings is 2. The van der Waals surface area contributed by atoms with E-state index in [-0.39, 0.29) is 11.0 Å². The number of hydrogen-bond acceptors (Lipinski definition) is 6. The molecule has 3 aliphatic rings. The zero-order valence-electron chi connectivity index (χ0n) is 20.6. The Kier molecular flexibility index (Phi) is 6.67. The van der Waals surface area contributed by atoms with Gasteiger partial charge in [-0.05, 0) is 35.4 Å². The molecule has 37 heavy (non-hydrogen) atoms. The van der Waals surface area contributed by atoms with Crippen molar-refractivity contribution in [1.29, 1.82) is 0 Å².